The minimum atomic E-state index is -0.397. The van der Waals surface area contributed by atoms with Crippen LogP contribution < -0.4 is 0 Å². The molecule has 72 valence electrons. The maximum atomic E-state index is 13.1. The first kappa shape index (κ1) is 11.2. The number of benzene rings is 1. The molecule has 0 aliphatic rings. The SMILES string of the molecule is C/C(C#N)=C(/Cl)c1ccc(Br)c(F)c1. The van der Waals surface area contributed by atoms with Crippen molar-refractivity contribution in [3.8, 4) is 6.07 Å². The van der Waals surface area contributed by atoms with Crippen molar-refractivity contribution in [2.75, 3.05) is 0 Å². The second kappa shape index (κ2) is 4.59. The maximum Gasteiger partial charge on any atom is 0.138 e. The van der Waals surface area contributed by atoms with Gasteiger partial charge in [-0.15, -0.1) is 0 Å². The molecule has 4 heteroatoms. The molecule has 0 N–H and O–H groups in total. The summed E-state index contributed by atoms with van der Waals surface area (Å²) in [6.07, 6.45) is 0. The molecule has 0 amide bonds. The predicted octanol–water partition coefficient (Wildman–Crippen LogP) is 4.08. The molecule has 0 atom stereocenters. The molecule has 0 bridgehead atoms. The third-order valence-corrected chi connectivity index (χ3v) is 2.81. The van der Waals surface area contributed by atoms with Crippen molar-refractivity contribution in [3.05, 3.63) is 39.6 Å². The van der Waals surface area contributed by atoms with Crippen LogP contribution in [-0.4, -0.2) is 0 Å². The topological polar surface area (TPSA) is 23.8 Å². The molecule has 0 aliphatic heterocycles. The molecule has 0 radical (unpaired) electrons. The summed E-state index contributed by atoms with van der Waals surface area (Å²) in [5, 5.41) is 8.87. The van der Waals surface area contributed by atoms with Crippen LogP contribution >= 0.6 is 27.5 Å². The quantitative estimate of drug-likeness (QED) is 0.708. The van der Waals surface area contributed by atoms with Crippen molar-refractivity contribution in [3.63, 3.8) is 0 Å². The molecule has 1 rings (SSSR count). The average molecular weight is 275 g/mol. The number of nitrogens with zero attached hydrogens (tertiary/aromatic N) is 1. The fourth-order valence-corrected chi connectivity index (χ4v) is 1.30. The Balaban J connectivity index is 3.24. The van der Waals surface area contributed by atoms with Crippen LogP contribution in [0.2, 0.25) is 0 Å². The molecular formula is C10H6BrClFN. The Morgan fingerprint density at radius 1 is 1.57 bits per heavy atom. The largest absolute Gasteiger partial charge is 0.206 e. The number of hydrogen-bond donors (Lipinski definition) is 0. The normalized spacial score (nSPS) is 11.9. The van der Waals surface area contributed by atoms with Gasteiger partial charge in [0.15, 0.2) is 0 Å². The molecule has 1 nitrogen and oxygen atoms in total. The lowest BCUT2D eigenvalue weighted by molar-refractivity contribution is 0.621. The van der Waals surface area contributed by atoms with E-state index in [1.54, 1.807) is 19.1 Å². The average Bonchev–Trinajstić information content (AvgIpc) is 2.20. The van der Waals surface area contributed by atoms with Gasteiger partial charge in [-0.2, -0.15) is 5.26 Å². The first-order valence-corrected chi connectivity index (χ1v) is 4.95. The molecule has 0 unspecified atom stereocenters. The summed E-state index contributed by atoms with van der Waals surface area (Å²) in [4.78, 5) is 0. The Morgan fingerprint density at radius 3 is 2.71 bits per heavy atom. The van der Waals surface area contributed by atoms with Crippen molar-refractivity contribution < 1.29 is 4.39 Å². The summed E-state index contributed by atoms with van der Waals surface area (Å²) in [6, 6.07) is 6.40. The highest BCUT2D eigenvalue weighted by molar-refractivity contribution is 9.10. The van der Waals surface area contributed by atoms with Crippen LogP contribution in [0.4, 0.5) is 4.39 Å². The molecule has 0 aliphatic carbocycles. The summed E-state index contributed by atoms with van der Waals surface area (Å²) in [5.41, 5.74) is 0.875. The number of halogens is 3. The van der Waals surface area contributed by atoms with Gasteiger partial charge in [-0.3, -0.25) is 0 Å². The van der Waals surface area contributed by atoms with Crippen LogP contribution in [0.1, 0.15) is 12.5 Å². The van der Waals surface area contributed by atoms with Gasteiger partial charge in [0.1, 0.15) is 5.82 Å². The highest BCUT2D eigenvalue weighted by Crippen LogP contribution is 2.26. The molecule has 0 fully saturated rings. The first-order chi connectivity index (χ1) is 6.56. The lowest BCUT2D eigenvalue weighted by Crippen LogP contribution is -1.84. The van der Waals surface area contributed by atoms with Crippen molar-refractivity contribution >= 4 is 32.6 Å². The van der Waals surface area contributed by atoms with Crippen LogP contribution in [0.25, 0.3) is 5.03 Å². The second-order valence-electron chi connectivity index (χ2n) is 2.68. The van der Waals surface area contributed by atoms with Gasteiger partial charge >= 0.3 is 0 Å². The van der Waals surface area contributed by atoms with E-state index in [-0.39, 0.29) is 5.03 Å². The van der Waals surface area contributed by atoms with Gasteiger partial charge in [-0.05, 0) is 40.5 Å². The summed E-state index contributed by atoms with van der Waals surface area (Å²) in [7, 11) is 0. The monoisotopic (exact) mass is 273 g/mol. The van der Waals surface area contributed by atoms with Crippen LogP contribution in [0.15, 0.2) is 28.2 Å². The minimum Gasteiger partial charge on any atom is -0.206 e. The Hall–Kier alpha value is -0.850. The van der Waals surface area contributed by atoms with Gasteiger partial charge in [-0.1, -0.05) is 17.7 Å². The minimum absolute atomic E-state index is 0.277. The van der Waals surface area contributed by atoms with Gasteiger partial charge < -0.3 is 0 Å². The summed E-state index contributed by atoms with van der Waals surface area (Å²) >= 11 is 8.89. The van der Waals surface area contributed by atoms with Crippen molar-refractivity contribution in [1.29, 1.82) is 5.26 Å². The molecule has 1 aromatic carbocycles. The molecule has 0 aromatic heterocycles. The molecule has 1 aromatic rings. The Labute approximate surface area is 94.9 Å². The summed E-state index contributed by atoms with van der Waals surface area (Å²) < 4.78 is 13.5. The molecular weight excluding hydrogens is 268 g/mol. The fraction of sp³-hybridized carbons (Fsp3) is 0.100. The van der Waals surface area contributed by atoms with E-state index in [2.05, 4.69) is 15.9 Å². The molecule has 14 heavy (non-hydrogen) atoms. The van der Waals surface area contributed by atoms with Crippen LogP contribution in [-0.2, 0) is 0 Å². The van der Waals surface area contributed by atoms with E-state index in [0.717, 1.165) is 0 Å². The Bertz CT molecular complexity index is 434. The van der Waals surface area contributed by atoms with Gasteiger partial charge in [0.05, 0.1) is 15.6 Å². The first-order valence-electron chi connectivity index (χ1n) is 3.78. The standard InChI is InChI=1S/C10H6BrClFN/c1-6(5-14)10(12)7-2-3-8(11)9(13)4-7/h2-4H,1H3/b10-6-. The molecule has 0 saturated carbocycles. The Morgan fingerprint density at radius 2 is 2.21 bits per heavy atom. The zero-order chi connectivity index (χ0) is 10.7. The second-order valence-corrected chi connectivity index (χ2v) is 3.91. The van der Waals surface area contributed by atoms with Crippen LogP contribution in [0.5, 0.6) is 0 Å². The number of rotatable bonds is 1. The van der Waals surface area contributed by atoms with Gasteiger partial charge in [0, 0.05) is 5.57 Å². The molecule has 0 heterocycles. The summed E-state index contributed by atoms with van der Waals surface area (Å²) in [5.74, 6) is -0.397. The van der Waals surface area contributed by atoms with Crippen LogP contribution in [0.3, 0.4) is 0 Å². The zero-order valence-corrected chi connectivity index (χ0v) is 9.66. The molecule has 0 saturated heterocycles. The number of allylic oxidation sites excluding steroid dienone is 1. The fourth-order valence-electron chi connectivity index (χ4n) is 0.898. The van der Waals surface area contributed by atoms with Crippen molar-refractivity contribution in [2.45, 2.75) is 6.92 Å². The maximum absolute atomic E-state index is 13.1. The van der Waals surface area contributed by atoms with E-state index in [1.807, 2.05) is 6.07 Å². The van der Waals surface area contributed by atoms with Gasteiger partial charge in [-0.25, -0.2) is 4.39 Å². The van der Waals surface area contributed by atoms with E-state index in [0.29, 0.717) is 15.6 Å². The van der Waals surface area contributed by atoms with Gasteiger partial charge in [0.25, 0.3) is 0 Å². The van der Waals surface area contributed by atoms with Crippen molar-refractivity contribution in [1.82, 2.24) is 0 Å². The Kier molecular flexibility index (Phi) is 3.68. The van der Waals surface area contributed by atoms with E-state index in [4.69, 9.17) is 16.9 Å². The highest BCUT2D eigenvalue weighted by atomic mass is 79.9. The predicted molar refractivity (Wildman–Crippen MR) is 58.2 cm³/mol. The third kappa shape index (κ3) is 2.34. The smallest absolute Gasteiger partial charge is 0.138 e. The van der Waals surface area contributed by atoms with E-state index in [9.17, 15) is 4.39 Å². The highest BCUT2D eigenvalue weighted by Gasteiger charge is 2.05. The number of hydrogen-bond acceptors (Lipinski definition) is 1. The van der Waals surface area contributed by atoms with E-state index in [1.165, 1.54) is 6.07 Å². The van der Waals surface area contributed by atoms with Crippen molar-refractivity contribution in [2.24, 2.45) is 0 Å². The van der Waals surface area contributed by atoms with E-state index >= 15 is 0 Å². The summed E-state index contributed by atoms with van der Waals surface area (Å²) in [6.45, 7) is 1.59. The van der Waals surface area contributed by atoms with Gasteiger partial charge in [0.2, 0.25) is 0 Å². The zero-order valence-electron chi connectivity index (χ0n) is 7.31. The molecule has 0 spiro atoms. The third-order valence-electron chi connectivity index (χ3n) is 1.67. The van der Waals surface area contributed by atoms with E-state index < -0.39 is 5.82 Å². The van der Waals surface area contributed by atoms with Crippen LogP contribution in [0, 0.1) is 17.1 Å². The number of nitriles is 1. The lowest BCUT2D eigenvalue weighted by atomic mass is 10.1. The lowest BCUT2D eigenvalue weighted by Gasteiger charge is -2.01.